The van der Waals surface area contributed by atoms with Crippen LogP contribution in [0, 0.1) is 5.92 Å². The SMILES string of the molecule is CSc1ccc(C(C)NCC(NC(=O)OC(C)(C)C)C(C)C)cc1. The fourth-order valence-electron chi connectivity index (χ4n) is 2.23. The quantitative estimate of drug-likeness (QED) is 0.704. The van der Waals surface area contributed by atoms with Gasteiger partial charge in [-0.3, -0.25) is 0 Å². The predicted molar refractivity (Wildman–Crippen MR) is 103 cm³/mol. The van der Waals surface area contributed by atoms with Crippen molar-refractivity contribution in [3.63, 3.8) is 0 Å². The van der Waals surface area contributed by atoms with E-state index in [1.54, 1.807) is 11.8 Å². The van der Waals surface area contributed by atoms with Gasteiger partial charge in [0.1, 0.15) is 5.60 Å². The standard InChI is InChI=1S/C19H32N2O2S/c1-13(2)17(21-18(22)23-19(4,5)6)12-20-14(3)15-8-10-16(24-7)11-9-15/h8-11,13-14,17,20H,12H2,1-7H3,(H,21,22). The Kier molecular flexibility index (Phi) is 8.10. The number of carbonyl (C=O) groups is 1. The maximum absolute atomic E-state index is 12.0. The van der Waals surface area contributed by atoms with Crippen LogP contribution < -0.4 is 10.6 Å². The second kappa shape index (κ2) is 9.33. The van der Waals surface area contributed by atoms with E-state index in [9.17, 15) is 4.79 Å². The molecule has 4 nitrogen and oxygen atoms in total. The van der Waals surface area contributed by atoms with Crippen molar-refractivity contribution in [3.05, 3.63) is 29.8 Å². The summed E-state index contributed by atoms with van der Waals surface area (Å²) >= 11 is 1.74. The molecule has 0 spiro atoms. The highest BCUT2D eigenvalue weighted by molar-refractivity contribution is 7.98. The van der Waals surface area contributed by atoms with Gasteiger partial charge in [0, 0.05) is 23.5 Å². The van der Waals surface area contributed by atoms with Gasteiger partial charge in [-0.15, -0.1) is 11.8 Å². The first-order valence-electron chi connectivity index (χ1n) is 8.49. The molecule has 0 radical (unpaired) electrons. The number of amides is 1. The number of nitrogens with one attached hydrogen (secondary N) is 2. The van der Waals surface area contributed by atoms with E-state index >= 15 is 0 Å². The van der Waals surface area contributed by atoms with Gasteiger partial charge in [0.25, 0.3) is 0 Å². The maximum Gasteiger partial charge on any atom is 0.407 e. The Labute approximate surface area is 151 Å². The Morgan fingerprint density at radius 1 is 1.17 bits per heavy atom. The van der Waals surface area contributed by atoms with Crippen LogP contribution in [0.3, 0.4) is 0 Å². The largest absolute Gasteiger partial charge is 0.444 e. The molecule has 0 saturated heterocycles. The molecule has 1 aromatic carbocycles. The molecular weight excluding hydrogens is 320 g/mol. The van der Waals surface area contributed by atoms with Gasteiger partial charge in [-0.2, -0.15) is 0 Å². The third-order valence-corrected chi connectivity index (χ3v) is 4.51. The topological polar surface area (TPSA) is 50.4 Å². The van der Waals surface area contributed by atoms with Gasteiger partial charge in [0.15, 0.2) is 0 Å². The normalized spacial score (nSPS) is 14.3. The highest BCUT2D eigenvalue weighted by Gasteiger charge is 2.21. The van der Waals surface area contributed by atoms with Gasteiger partial charge >= 0.3 is 6.09 Å². The smallest absolute Gasteiger partial charge is 0.407 e. The second-order valence-corrected chi connectivity index (χ2v) is 8.28. The van der Waals surface area contributed by atoms with Crippen LogP contribution in [-0.2, 0) is 4.74 Å². The first kappa shape index (κ1) is 20.8. The zero-order valence-electron chi connectivity index (χ0n) is 16.0. The van der Waals surface area contributed by atoms with Crippen molar-refractivity contribution in [3.8, 4) is 0 Å². The minimum Gasteiger partial charge on any atom is -0.444 e. The summed E-state index contributed by atoms with van der Waals surface area (Å²) in [6.45, 7) is 12.6. The molecule has 1 rings (SSSR count). The van der Waals surface area contributed by atoms with Crippen molar-refractivity contribution in [2.45, 2.75) is 64.1 Å². The van der Waals surface area contributed by atoms with Crippen molar-refractivity contribution < 1.29 is 9.53 Å². The monoisotopic (exact) mass is 352 g/mol. The van der Waals surface area contributed by atoms with E-state index in [1.807, 2.05) is 20.8 Å². The van der Waals surface area contributed by atoms with E-state index < -0.39 is 5.60 Å². The van der Waals surface area contributed by atoms with Gasteiger partial charge in [-0.1, -0.05) is 26.0 Å². The Morgan fingerprint density at radius 3 is 2.21 bits per heavy atom. The van der Waals surface area contributed by atoms with Crippen LogP contribution in [0.5, 0.6) is 0 Å². The van der Waals surface area contributed by atoms with Crippen LogP contribution in [-0.4, -0.2) is 30.5 Å². The molecule has 0 heterocycles. The Bertz CT molecular complexity index is 509. The zero-order valence-corrected chi connectivity index (χ0v) is 16.8. The molecule has 0 bridgehead atoms. The molecule has 0 aliphatic carbocycles. The van der Waals surface area contributed by atoms with E-state index in [4.69, 9.17) is 4.74 Å². The van der Waals surface area contributed by atoms with Crippen LogP contribution in [0.25, 0.3) is 0 Å². The summed E-state index contributed by atoms with van der Waals surface area (Å²) in [7, 11) is 0. The van der Waals surface area contributed by atoms with Crippen LogP contribution in [0.2, 0.25) is 0 Å². The summed E-state index contributed by atoms with van der Waals surface area (Å²) < 4.78 is 5.36. The highest BCUT2D eigenvalue weighted by Crippen LogP contribution is 2.19. The zero-order chi connectivity index (χ0) is 18.3. The summed E-state index contributed by atoms with van der Waals surface area (Å²) in [5, 5.41) is 6.48. The third kappa shape index (κ3) is 7.58. The first-order chi connectivity index (χ1) is 11.1. The molecule has 2 atom stereocenters. The number of ether oxygens (including phenoxy) is 1. The minimum atomic E-state index is -0.481. The molecule has 0 aliphatic rings. The van der Waals surface area contributed by atoms with Crippen molar-refractivity contribution in [2.24, 2.45) is 5.92 Å². The number of alkyl carbamates (subject to hydrolysis) is 1. The molecule has 0 aliphatic heterocycles. The fraction of sp³-hybridized carbons (Fsp3) is 0.632. The molecule has 1 amide bonds. The number of rotatable bonds is 7. The number of thioether (sulfide) groups is 1. The lowest BCUT2D eigenvalue weighted by Crippen LogP contribution is -2.47. The van der Waals surface area contributed by atoms with Crippen molar-refractivity contribution in [1.29, 1.82) is 0 Å². The van der Waals surface area contributed by atoms with Crippen molar-refractivity contribution in [2.75, 3.05) is 12.8 Å². The van der Waals surface area contributed by atoms with E-state index in [2.05, 4.69) is 61.9 Å². The Balaban J connectivity index is 2.57. The van der Waals surface area contributed by atoms with Gasteiger partial charge in [0.2, 0.25) is 0 Å². The second-order valence-electron chi connectivity index (χ2n) is 7.40. The number of hydrogen-bond donors (Lipinski definition) is 2. The predicted octanol–water partition coefficient (Wildman–Crippen LogP) is 4.61. The maximum atomic E-state index is 12.0. The summed E-state index contributed by atoms with van der Waals surface area (Å²) in [6.07, 6.45) is 1.71. The summed E-state index contributed by atoms with van der Waals surface area (Å²) in [5.41, 5.74) is 0.762. The molecule has 2 unspecified atom stereocenters. The lowest BCUT2D eigenvalue weighted by atomic mass is 10.0. The molecular formula is C19H32N2O2S. The number of hydrogen-bond acceptors (Lipinski definition) is 4. The van der Waals surface area contributed by atoms with Crippen LogP contribution in [0.4, 0.5) is 4.79 Å². The molecule has 1 aromatic rings. The molecule has 0 saturated carbocycles. The van der Waals surface area contributed by atoms with Gasteiger partial charge in [0.05, 0.1) is 0 Å². The van der Waals surface area contributed by atoms with E-state index in [0.717, 1.165) is 0 Å². The first-order valence-corrected chi connectivity index (χ1v) is 9.71. The van der Waals surface area contributed by atoms with Crippen molar-refractivity contribution in [1.82, 2.24) is 10.6 Å². The lowest BCUT2D eigenvalue weighted by Gasteiger charge is -2.27. The molecule has 24 heavy (non-hydrogen) atoms. The van der Waals surface area contributed by atoms with Gasteiger partial charge in [-0.25, -0.2) is 4.79 Å². The molecule has 136 valence electrons. The Morgan fingerprint density at radius 2 is 1.75 bits per heavy atom. The molecule has 2 N–H and O–H groups in total. The van der Waals surface area contributed by atoms with Crippen LogP contribution >= 0.6 is 11.8 Å². The highest BCUT2D eigenvalue weighted by atomic mass is 32.2. The molecule has 0 aromatic heterocycles. The summed E-state index contributed by atoms with van der Waals surface area (Å²) in [5.74, 6) is 0.316. The summed E-state index contributed by atoms with van der Waals surface area (Å²) in [4.78, 5) is 13.3. The third-order valence-electron chi connectivity index (χ3n) is 3.77. The summed E-state index contributed by atoms with van der Waals surface area (Å²) in [6, 6.07) is 8.81. The van der Waals surface area contributed by atoms with Gasteiger partial charge in [-0.05, 0) is 57.6 Å². The van der Waals surface area contributed by atoms with Crippen LogP contribution in [0.1, 0.15) is 53.1 Å². The van der Waals surface area contributed by atoms with Crippen LogP contribution in [0.15, 0.2) is 29.2 Å². The van der Waals surface area contributed by atoms with Gasteiger partial charge < -0.3 is 15.4 Å². The average Bonchev–Trinajstić information content (AvgIpc) is 2.49. The van der Waals surface area contributed by atoms with Crippen molar-refractivity contribution >= 4 is 17.9 Å². The number of carbonyl (C=O) groups excluding carboxylic acids is 1. The molecule has 5 heteroatoms. The average molecular weight is 353 g/mol. The number of benzene rings is 1. The van der Waals surface area contributed by atoms with E-state index in [-0.39, 0.29) is 18.2 Å². The van der Waals surface area contributed by atoms with E-state index in [1.165, 1.54) is 10.5 Å². The fourth-order valence-corrected chi connectivity index (χ4v) is 2.63. The lowest BCUT2D eigenvalue weighted by molar-refractivity contribution is 0.0489. The van der Waals surface area contributed by atoms with E-state index in [0.29, 0.717) is 12.5 Å². The molecule has 0 fully saturated rings. The Hall–Kier alpha value is -1.20. The minimum absolute atomic E-state index is 0.0211.